The van der Waals surface area contributed by atoms with Gasteiger partial charge in [0.2, 0.25) is 11.8 Å². The first kappa shape index (κ1) is 17.3. The lowest BCUT2D eigenvalue weighted by molar-refractivity contribution is -0.127. The molecule has 1 heterocycles. The van der Waals surface area contributed by atoms with Crippen molar-refractivity contribution in [2.45, 2.75) is 32.4 Å². The molecule has 2 rings (SSSR count). The summed E-state index contributed by atoms with van der Waals surface area (Å²) >= 11 is 0. The molecule has 1 aliphatic rings. The number of piperidine rings is 1. The van der Waals surface area contributed by atoms with Crippen molar-refractivity contribution in [2.75, 3.05) is 20.2 Å². The van der Waals surface area contributed by atoms with Crippen molar-refractivity contribution < 1.29 is 14.3 Å². The Labute approximate surface area is 137 Å². The van der Waals surface area contributed by atoms with Crippen LogP contribution in [0.3, 0.4) is 0 Å². The lowest BCUT2D eigenvalue weighted by atomic mass is 9.93. The molecule has 0 radical (unpaired) electrons. The van der Waals surface area contributed by atoms with Crippen molar-refractivity contribution in [3.05, 3.63) is 29.8 Å². The normalized spacial score (nSPS) is 21.7. The second kappa shape index (κ2) is 7.97. The van der Waals surface area contributed by atoms with Crippen molar-refractivity contribution in [2.24, 2.45) is 11.7 Å². The molecule has 6 heteroatoms. The quantitative estimate of drug-likeness (QED) is 0.816. The van der Waals surface area contributed by atoms with E-state index in [4.69, 9.17) is 10.5 Å². The van der Waals surface area contributed by atoms with Gasteiger partial charge in [-0.1, -0.05) is 18.2 Å². The summed E-state index contributed by atoms with van der Waals surface area (Å²) in [4.78, 5) is 25.6. The van der Waals surface area contributed by atoms with Gasteiger partial charge in [-0.05, 0) is 25.8 Å². The van der Waals surface area contributed by atoms with Crippen LogP contribution < -0.4 is 15.8 Å². The third-order valence-electron chi connectivity index (χ3n) is 4.43. The highest BCUT2D eigenvalue weighted by molar-refractivity contribution is 5.79. The smallest absolute Gasteiger partial charge is 0.234 e. The van der Waals surface area contributed by atoms with Gasteiger partial charge in [-0.3, -0.25) is 14.5 Å². The van der Waals surface area contributed by atoms with Gasteiger partial charge in [0.15, 0.2) is 0 Å². The molecule has 0 spiro atoms. The van der Waals surface area contributed by atoms with Gasteiger partial charge in [-0.25, -0.2) is 0 Å². The van der Waals surface area contributed by atoms with E-state index in [2.05, 4.69) is 12.2 Å². The minimum atomic E-state index is -0.281. The lowest BCUT2D eigenvalue weighted by Gasteiger charge is -2.36. The average Bonchev–Trinajstić information content (AvgIpc) is 2.55. The Morgan fingerprint density at radius 2 is 2.09 bits per heavy atom. The first-order valence-corrected chi connectivity index (χ1v) is 7.93. The van der Waals surface area contributed by atoms with Crippen LogP contribution in [-0.4, -0.2) is 43.0 Å². The van der Waals surface area contributed by atoms with Crippen LogP contribution in [0.4, 0.5) is 0 Å². The molecule has 2 amide bonds. The number of ether oxygens (including phenoxy) is 1. The minimum Gasteiger partial charge on any atom is -0.496 e. The Balaban J connectivity index is 1.87. The van der Waals surface area contributed by atoms with Crippen LogP contribution in [0, 0.1) is 5.92 Å². The number of primary amides is 1. The predicted molar refractivity (Wildman–Crippen MR) is 87.8 cm³/mol. The molecule has 0 saturated carbocycles. The van der Waals surface area contributed by atoms with E-state index in [-0.39, 0.29) is 30.3 Å². The van der Waals surface area contributed by atoms with Crippen LogP contribution in [-0.2, 0) is 16.1 Å². The highest BCUT2D eigenvalue weighted by Gasteiger charge is 2.29. The molecule has 2 unspecified atom stereocenters. The largest absolute Gasteiger partial charge is 0.496 e. The molecule has 126 valence electrons. The highest BCUT2D eigenvalue weighted by atomic mass is 16.5. The third kappa shape index (κ3) is 4.69. The molecular formula is C17H25N3O3. The van der Waals surface area contributed by atoms with E-state index in [1.54, 1.807) is 7.11 Å². The Morgan fingerprint density at radius 1 is 1.35 bits per heavy atom. The Kier molecular flexibility index (Phi) is 5.98. The topological polar surface area (TPSA) is 84.7 Å². The molecule has 1 aromatic carbocycles. The third-order valence-corrected chi connectivity index (χ3v) is 4.43. The zero-order valence-electron chi connectivity index (χ0n) is 13.7. The number of rotatable bonds is 6. The van der Waals surface area contributed by atoms with Crippen LogP contribution in [0.25, 0.3) is 0 Å². The minimum absolute atomic E-state index is 0.0622. The van der Waals surface area contributed by atoms with Crippen LogP contribution in [0.15, 0.2) is 24.3 Å². The van der Waals surface area contributed by atoms with Gasteiger partial charge in [-0.15, -0.1) is 0 Å². The summed E-state index contributed by atoms with van der Waals surface area (Å²) in [5.41, 5.74) is 6.33. The van der Waals surface area contributed by atoms with E-state index in [1.807, 2.05) is 29.2 Å². The number of hydrogen-bond acceptors (Lipinski definition) is 4. The second-order valence-corrected chi connectivity index (χ2v) is 6.04. The van der Waals surface area contributed by atoms with Crippen molar-refractivity contribution >= 4 is 11.8 Å². The van der Waals surface area contributed by atoms with Crippen LogP contribution in [0.2, 0.25) is 0 Å². The Bertz CT molecular complexity index is 562. The number of nitrogens with zero attached hydrogens (tertiary/aromatic N) is 1. The molecule has 0 bridgehead atoms. The van der Waals surface area contributed by atoms with Crippen LogP contribution in [0.1, 0.15) is 25.3 Å². The van der Waals surface area contributed by atoms with Gasteiger partial charge < -0.3 is 15.8 Å². The van der Waals surface area contributed by atoms with Gasteiger partial charge in [0.25, 0.3) is 0 Å². The fraction of sp³-hybridized carbons (Fsp3) is 0.529. The summed E-state index contributed by atoms with van der Waals surface area (Å²) in [5.74, 6) is 0.255. The van der Waals surface area contributed by atoms with Gasteiger partial charge in [-0.2, -0.15) is 0 Å². The fourth-order valence-corrected chi connectivity index (χ4v) is 2.92. The van der Waals surface area contributed by atoms with Crippen molar-refractivity contribution in [3.8, 4) is 5.75 Å². The molecule has 23 heavy (non-hydrogen) atoms. The summed E-state index contributed by atoms with van der Waals surface area (Å²) in [5, 5.41) is 2.91. The van der Waals surface area contributed by atoms with E-state index in [1.165, 1.54) is 0 Å². The van der Waals surface area contributed by atoms with Crippen molar-refractivity contribution in [1.82, 2.24) is 10.2 Å². The van der Waals surface area contributed by atoms with Gasteiger partial charge >= 0.3 is 0 Å². The summed E-state index contributed by atoms with van der Waals surface area (Å²) in [7, 11) is 1.61. The first-order chi connectivity index (χ1) is 11.0. The zero-order chi connectivity index (χ0) is 16.8. The predicted octanol–water partition coefficient (Wildman–Crippen LogP) is 0.897. The molecule has 3 N–H and O–H groups in total. The molecule has 1 aliphatic heterocycles. The Morgan fingerprint density at radius 3 is 2.78 bits per heavy atom. The monoisotopic (exact) mass is 319 g/mol. The van der Waals surface area contributed by atoms with E-state index < -0.39 is 0 Å². The van der Waals surface area contributed by atoms with Crippen molar-refractivity contribution in [3.63, 3.8) is 0 Å². The summed E-state index contributed by atoms with van der Waals surface area (Å²) < 4.78 is 5.27. The van der Waals surface area contributed by atoms with Crippen LogP contribution in [0.5, 0.6) is 5.75 Å². The summed E-state index contributed by atoms with van der Waals surface area (Å²) in [6.45, 7) is 3.33. The molecule has 1 aromatic rings. The summed E-state index contributed by atoms with van der Waals surface area (Å²) in [6.07, 6.45) is 1.68. The molecule has 2 atom stereocenters. The molecule has 1 saturated heterocycles. The van der Waals surface area contributed by atoms with Crippen molar-refractivity contribution in [1.29, 1.82) is 0 Å². The second-order valence-electron chi connectivity index (χ2n) is 6.04. The lowest BCUT2D eigenvalue weighted by Crippen LogP contribution is -2.49. The average molecular weight is 319 g/mol. The number of carbonyl (C=O) groups excluding carboxylic acids is 2. The van der Waals surface area contributed by atoms with Gasteiger partial charge in [0.05, 0.1) is 19.6 Å². The van der Waals surface area contributed by atoms with E-state index in [9.17, 15) is 9.59 Å². The van der Waals surface area contributed by atoms with Crippen LogP contribution >= 0.6 is 0 Å². The molecule has 6 nitrogen and oxygen atoms in total. The zero-order valence-corrected chi connectivity index (χ0v) is 13.7. The number of hydrogen-bond donors (Lipinski definition) is 2. The number of carbonyl (C=O) groups is 2. The highest BCUT2D eigenvalue weighted by Crippen LogP contribution is 2.21. The maximum atomic E-state index is 12.2. The molecular weight excluding hydrogens is 294 g/mol. The SMILES string of the molecule is COc1ccccc1CNC(=O)CN1CC(C(N)=O)CCC1C. The summed E-state index contributed by atoms with van der Waals surface area (Å²) in [6, 6.07) is 7.87. The number of nitrogens with one attached hydrogen (secondary N) is 1. The fourth-order valence-electron chi connectivity index (χ4n) is 2.92. The number of benzene rings is 1. The molecule has 1 fully saturated rings. The number of nitrogens with two attached hydrogens (primary N) is 1. The Hall–Kier alpha value is -2.08. The molecule has 0 aromatic heterocycles. The maximum Gasteiger partial charge on any atom is 0.234 e. The number of para-hydroxylation sites is 1. The number of methoxy groups -OCH3 is 1. The van der Waals surface area contributed by atoms with Gasteiger partial charge in [0, 0.05) is 24.7 Å². The molecule has 0 aliphatic carbocycles. The van der Waals surface area contributed by atoms with E-state index >= 15 is 0 Å². The number of likely N-dealkylation sites (tertiary alicyclic amines) is 1. The standard InChI is InChI=1S/C17H25N3O3/c1-12-7-8-14(17(18)22)10-20(12)11-16(21)19-9-13-5-3-4-6-15(13)23-2/h3-6,12,14H,7-11H2,1-2H3,(H2,18,22)(H,19,21). The number of amides is 2. The maximum absolute atomic E-state index is 12.2. The van der Waals surface area contributed by atoms with Gasteiger partial charge in [0.1, 0.15) is 5.75 Å². The van der Waals surface area contributed by atoms with E-state index in [0.717, 1.165) is 24.2 Å². The first-order valence-electron chi connectivity index (χ1n) is 7.93. The van der Waals surface area contributed by atoms with E-state index in [0.29, 0.717) is 13.1 Å².